The number of benzene rings is 1. The van der Waals surface area contributed by atoms with Crippen LogP contribution in [0.4, 0.5) is 26.3 Å². The predicted molar refractivity (Wildman–Crippen MR) is 69.2 cm³/mol. The maximum absolute atomic E-state index is 12.9. The lowest BCUT2D eigenvalue weighted by Crippen LogP contribution is -2.23. The standard InChI is InChI=1S/C13H8F6N4O/c14-12(15,16)7-3-1-6(2-4-7)8-5-9(13(17,18)19)22-11(21-8)10(20)23-24/h1-5,24H,(H2,20,23). The van der Waals surface area contributed by atoms with Crippen molar-refractivity contribution in [2.75, 3.05) is 0 Å². The van der Waals surface area contributed by atoms with Gasteiger partial charge in [-0.15, -0.1) is 0 Å². The topological polar surface area (TPSA) is 81.9 Å². The third-order valence-electron chi connectivity index (χ3n) is 2.86. The molecule has 0 bridgehead atoms. The molecule has 0 fully saturated rings. The average Bonchev–Trinajstić information content (AvgIpc) is 2.52. The second kappa shape index (κ2) is 6.07. The molecular formula is C13H8F6N4O. The number of nitrogens with zero attached hydrogens (tertiary/aromatic N) is 2. The zero-order valence-corrected chi connectivity index (χ0v) is 11.5. The number of hydrogen-bond acceptors (Lipinski definition) is 4. The molecule has 0 spiro atoms. The van der Waals surface area contributed by atoms with Crippen LogP contribution in [-0.2, 0) is 12.4 Å². The third-order valence-corrected chi connectivity index (χ3v) is 2.86. The lowest BCUT2D eigenvalue weighted by atomic mass is 10.1. The second-order valence-corrected chi connectivity index (χ2v) is 4.52. The molecule has 11 heteroatoms. The lowest BCUT2D eigenvalue weighted by Gasteiger charge is -2.11. The van der Waals surface area contributed by atoms with Crippen LogP contribution < -0.4 is 5.48 Å². The van der Waals surface area contributed by atoms with Crippen molar-refractivity contribution in [1.82, 2.24) is 15.4 Å². The molecule has 0 aliphatic heterocycles. The molecule has 3 N–H and O–H groups in total. The van der Waals surface area contributed by atoms with Gasteiger partial charge in [-0.1, -0.05) is 12.1 Å². The Balaban J connectivity index is 2.55. The van der Waals surface area contributed by atoms with Crippen molar-refractivity contribution in [3.63, 3.8) is 0 Å². The average molecular weight is 350 g/mol. The largest absolute Gasteiger partial charge is 0.433 e. The van der Waals surface area contributed by atoms with Crippen LogP contribution >= 0.6 is 0 Å². The zero-order chi connectivity index (χ0) is 18.1. The number of hydroxylamine groups is 1. The van der Waals surface area contributed by atoms with Gasteiger partial charge >= 0.3 is 12.4 Å². The fourth-order valence-electron chi connectivity index (χ4n) is 1.73. The van der Waals surface area contributed by atoms with Crippen LogP contribution in [0.5, 0.6) is 0 Å². The number of aromatic nitrogens is 2. The van der Waals surface area contributed by atoms with Gasteiger partial charge in [0, 0.05) is 5.56 Å². The highest BCUT2D eigenvalue weighted by Crippen LogP contribution is 2.32. The third kappa shape index (κ3) is 3.79. The van der Waals surface area contributed by atoms with Crippen molar-refractivity contribution in [3.05, 3.63) is 47.4 Å². The van der Waals surface area contributed by atoms with Crippen molar-refractivity contribution < 1.29 is 31.5 Å². The molecule has 1 aromatic heterocycles. The number of hydrogen-bond donors (Lipinski definition) is 3. The minimum absolute atomic E-state index is 0.0390. The first-order valence-corrected chi connectivity index (χ1v) is 6.15. The minimum Gasteiger partial charge on any atom is -0.290 e. The number of alkyl halides is 6. The van der Waals surface area contributed by atoms with E-state index in [0.29, 0.717) is 18.2 Å². The Kier molecular flexibility index (Phi) is 4.47. The van der Waals surface area contributed by atoms with Gasteiger partial charge in [0.15, 0.2) is 11.7 Å². The molecule has 2 rings (SSSR count). The SMILES string of the molecule is N=C(NO)c1nc(-c2ccc(C(F)(F)F)cc2)cc(C(F)(F)F)n1. The van der Waals surface area contributed by atoms with E-state index >= 15 is 0 Å². The van der Waals surface area contributed by atoms with E-state index in [4.69, 9.17) is 10.6 Å². The summed E-state index contributed by atoms with van der Waals surface area (Å²) in [5.41, 5.74) is -1.45. The molecule has 128 valence electrons. The van der Waals surface area contributed by atoms with E-state index in [9.17, 15) is 26.3 Å². The molecule has 2 aromatic rings. The maximum Gasteiger partial charge on any atom is 0.433 e. The van der Waals surface area contributed by atoms with Crippen LogP contribution in [0.2, 0.25) is 0 Å². The quantitative estimate of drug-likeness (QED) is 0.335. The van der Waals surface area contributed by atoms with Crippen LogP contribution in [0.1, 0.15) is 17.1 Å². The Morgan fingerprint density at radius 3 is 2.00 bits per heavy atom. The molecule has 0 unspecified atom stereocenters. The monoisotopic (exact) mass is 350 g/mol. The predicted octanol–water partition coefficient (Wildman–Crippen LogP) is 3.49. The van der Waals surface area contributed by atoms with E-state index in [1.807, 2.05) is 0 Å². The number of nitrogens with one attached hydrogen (secondary N) is 2. The Bertz CT molecular complexity index is 755. The van der Waals surface area contributed by atoms with E-state index in [-0.39, 0.29) is 11.3 Å². The molecule has 0 saturated carbocycles. The molecule has 5 nitrogen and oxygen atoms in total. The molecule has 0 amide bonds. The molecule has 1 heterocycles. The molecule has 0 aliphatic carbocycles. The van der Waals surface area contributed by atoms with E-state index in [1.54, 1.807) is 0 Å². The number of rotatable bonds is 2. The first-order chi connectivity index (χ1) is 11.0. The van der Waals surface area contributed by atoms with Crippen molar-refractivity contribution in [2.24, 2.45) is 0 Å². The Morgan fingerprint density at radius 1 is 0.958 bits per heavy atom. The fraction of sp³-hybridized carbons (Fsp3) is 0.154. The van der Waals surface area contributed by atoms with Gasteiger partial charge < -0.3 is 0 Å². The minimum atomic E-state index is -4.87. The summed E-state index contributed by atoms with van der Waals surface area (Å²) >= 11 is 0. The highest BCUT2D eigenvalue weighted by molar-refractivity contribution is 5.92. The van der Waals surface area contributed by atoms with Crippen molar-refractivity contribution in [1.29, 1.82) is 5.41 Å². The Hall–Kier alpha value is -2.69. The molecule has 0 atom stereocenters. The van der Waals surface area contributed by atoms with E-state index in [0.717, 1.165) is 12.1 Å². The highest BCUT2D eigenvalue weighted by atomic mass is 19.4. The number of halogens is 6. The molecule has 1 aromatic carbocycles. The van der Waals surface area contributed by atoms with Gasteiger partial charge in [-0.05, 0) is 18.2 Å². The highest BCUT2D eigenvalue weighted by Gasteiger charge is 2.34. The molecule has 0 saturated heterocycles. The lowest BCUT2D eigenvalue weighted by molar-refractivity contribution is -0.141. The zero-order valence-electron chi connectivity index (χ0n) is 11.5. The fourth-order valence-corrected chi connectivity index (χ4v) is 1.73. The van der Waals surface area contributed by atoms with Crippen molar-refractivity contribution >= 4 is 5.84 Å². The van der Waals surface area contributed by atoms with Gasteiger partial charge in [0.2, 0.25) is 0 Å². The molecule has 0 radical (unpaired) electrons. The van der Waals surface area contributed by atoms with Crippen LogP contribution in [0.15, 0.2) is 30.3 Å². The second-order valence-electron chi connectivity index (χ2n) is 4.52. The molecule has 0 aliphatic rings. The summed E-state index contributed by atoms with van der Waals surface area (Å²) in [5.74, 6) is -1.66. The van der Waals surface area contributed by atoms with Gasteiger partial charge in [0.05, 0.1) is 11.3 Å². The van der Waals surface area contributed by atoms with Crippen LogP contribution in [0.25, 0.3) is 11.3 Å². The summed E-state index contributed by atoms with van der Waals surface area (Å²) in [5, 5.41) is 15.9. The van der Waals surface area contributed by atoms with Gasteiger partial charge in [-0.2, -0.15) is 26.3 Å². The van der Waals surface area contributed by atoms with Crippen LogP contribution in [0, 0.1) is 5.41 Å². The van der Waals surface area contributed by atoms with E-state index in [1.165, 1.54) is 5.48 Å². The van der Waals surface area contributed by atoms with Crippen molar-refractivity contribution in [2.45, 2.75) is 12.4 Å². The van der Waals surface area contributed by atoms with Crippen LogP contribution in [-0.4, -0.2) is 21.0 Å². The van der Waals surface area contributed by atoms with Gasteiger partial charge in [-0.3, -0.25) is 10.6 Å². The van der Waals surface area contributed by atoms with Crippen LogP contribution in [0.3, 0.4) is 0 Å². The van der Waals surface area contributed by atoms with Gasteiger partial charge in [0.25, 0.3) is 0 Å². The first kappa shape index (κ1) is 17.7. The van der Waals surface area contributed by atoms with Gasteiger partial charge in [-0.25, -0.2) is 15.4 Å². The summed E-state index contributed by atoms with van der Waals surface area (Å²) in [4.78, 5) is 6.73. The molecule has 24 heavy (non-hydrogen) atoms. The van der Waals surface area contributed by atoms with Gasteiger partial charge in [0.1, 0.15) is 5.69 Å². The maximum atomic E-state index is 12.9. The summed E-state index contributed by atoms with van der Waals surface area (Å²) in [7, 11) is 0. The van der Waals surface area contributed by atoms with Crippen molar-refractivity contribution in [3.8, 4) is 11.3 Å². The summed E-state index contributed by atoms with van der Waals surface area (Å²) in [6, 6.07) is 3.83. The Labute approximate surface area is 130 Å². The van der Waals surface area contributed by atoms with E-state index < -0.39 is 35.3 Å². The van der Waals surface area contributed by atoms with E-state index in [2.05, 4.69) is 9.97 Å². The Morgan fingerprint density at radius 2 is 1.54 bits per heavy atom. The molecular weight excluding hydrogens is 342 g/mol. The normalized spacial score (nSPS) is 12.1. The smallest absolute Gasteiger partial charge is 0.290 e. The summed E-state index contributed by atoms with van der Waals surface area (Å²) in [6.07, 6.45) is -9.45. The summed E-state index contributed by atoms with van der Waals surface area (Å²) < 4.78 is 76.1. The summed E-state index contributed by atoms with van der Waals surface area (Å²) in [6.45, 7) is 0. The number of amidine groups is 1. The first-order valence-electron chi connectivity index (χ1n) is 6.15.